The molecule has 2 saturated heterocycles. The van der Waals surface area contributed by atoms with Crippen LogP contribution in [-0.2, 0) is 19.2 Å². The third-order valence-electron chi connectivity index (χ3n) is 6.40. The number of hydroxylamine groups is 1. The average molecular weight is 334 g/mol. The Hall–Kier alpha value is -1.40. The SMILES string of the molecule is CC1CCCC2(C)CC3OC(=O)C(CNC4CONC4=O)C3C=C12. The molecule has 2 N–H and O–H groups in total. The highest BCUT2D eigenvalue weighted by Crippen LogP contribution is 2.53. The molecule has 3 fully saturated rings. The van der Waals surface area contributed by atoms with Crippen molar-refractivity contribution in [1.29, 1.82) is 0 Å². The van der Waals surface area contributed by atoms with Gasteiger partial charge < -0.3 is 10.1 Å². The van der Waals surface area contributed by atoms with Gasteiger partial charge in [0.2, 0.25) is 0 Å². The van der Waals surface area contributed by atoms with E-state index in [0.29, 0.717) is 19.1 Å². The van der Waals surface area contributed by atoms with E-state index in [1.165, 1.54) is 24.8 Å². The van der Waals surface area contributed by atoms with Gasteiger partial charge in [-0.25, -0.2) is 5.48 Å². The van der Waals surface area contributed by atoms with Crippen LogP contribution in [0.5, 0.6) is 0 Å². The Labute approximate surface area is 142 Å². The smallest absolute Gasteiger partial charge is 0.311 e. The van der Waals surface area contributed by atoms with Gasteiger partial charge >= 0.3 is 5.97 Å². The van der Waals surface area contributed by atoms with Crippen molar-refractivity contribution in [2.24, 2.45) is 23.2 Å². The third-order valence-corrected chi connectivity index (χ3v) is 6.40. The van der Waals surface area contributed by atoms with E-state index in [1.807, 2.05) is 0 Å². The Kier molecular flexibility index (Phi) is 3.92. The minimum Gasteiger partial charge on any atom is -0.461 e. The first-order chi connectivity index (χ1) is 11.5. The third kappa shape index (κ3) is 2.56. The van der Waals surface area contributed by atoms with Crippen LogP contribution in [0.2, 0.25) is 0 Å². The van der Waals surface area contributed by atoms with Crippen molar-refractivity contribution in [3.63, 3.8) is 0 Å². The van der Waals surface area contributed by atoms with E-state index in [9.17, 15) is 9.59 Å². The molecule has 1 saturated carbocycles. The zero-order valence-corrected chi connectivity index (χ0v) is 14.3. The van der Waals surface area contributed by atoms with Crippen molar-refractivity contribution in [1.82, 2.24) is 10.8 Å². The lowest BCUT2D eigenvalue weighted by atomic mass is 9.59. The van der Waals surface area contributed by atoms with Crippen molar-refractivity contribution in [2.45, 2.75) is 51.7 Å². The van der Waals surface area contributed by atoms with Crippen molar-refractivity contribution in [3.8, 4) is 0 Å². The predicted octanol–water partition coefficient (Wildman–Crippen LogP) is 1.32. The summed E-state index contributed by atoms with van der Waals surface area (Å²) >= 11 is 0. The molecule has 6 heteroatoms. The van der Waals surface area contributed by atoms with Crippen molar-refractivity contribution in [2.75, 3.05) is 13.2 Å². The molecule has 0 bridgehead atoms. The summed E-state index contributed by atoms with van der Waals surface area (Å²) in [6, 6.07) is -0.382. The van der Waals surface area contributed by atoms with E-state index in [2.05, 4.69) is 30.7 Å². The summed E-state index contributed by atoms with van der Waals surface area (Å²) in [7, 11) is 0. The number of allylic oxidation sites excluding steroid dienone is 1. The van der Waals surface area contributed by atoms with Gasteiger partial charge in [-0.15, -0.1) is 0 Å². The normalized spacial score (nSPS) is 44.4. The van der Waals surface area contributed by atoms with Crippen molar-refractivity contribution < 1.29 is 19.2 Å². The molecule has 2 heterocycles. The molecule has 6 unspecified atom stereocenters. The highest BCUT2D eigenvalue weighted by atomic mass is 16.7. The molecule has 0 radical (unpaired) electrons. The molecule has 0 aromatic carbocycles. The molecule has 2 aliphatic heterocycles. The fourth-order valence-electron chi connectivity index (χ4n) is 5.05. The van der Waals surface area contributed by atoms with Crippen LogP contribution < -0.4 is 10.8 Å². The maximum atomic E-state index is 12.4. The molecule has 6 atom stereocenters. The summed E-state index contributed by atoms with van der Waals surface area (Å²) in [5.74, 6) is 0.188. The van der Waals surface area contributed by atoms with E-state index < -0.39 is 0 Å². The largest absolute Gasteiger partial charge is 0.461 e. The van der Waals surface area contributed by atoms with Crippen LogP contribution >= 0.6 is 0 Å². The maximum Gasteiger partial charge on any atom is 0.311 e. The first-order valence-electron chi connectivity index (χ1n) is 9.06. The zero-order valence-electron chi connectivity index (χ0n) is 14.3. The number of hydrogen-bond acceptors (Lipinski definition) is 5. The highest BCUT2D eigenvalue weighted by Gasteiger charge is 2.51. The number of carbonyl (C=O) groups is 2. The standard InChI is InChI=1S/C18H26N2O4/c1-10-4-3-5-18(2)7-15-11(6-13(10)18)12(17(22)24-15)8-19-14-9-23-20-16(14)21/h6,10-12,14-15,19H,3-5,7-9H2,1-2H3,(H,20,21). The summed E-state index contributed by atoms with van der Waals surface area (Å²) in [4.78, 5) is 28.9. The second-order valence-electron chi connectivity index (χ2n) is 8.08. The van der Waals surface area contributed by atoms with Crippen molar-refractivity contribution >= 4 is 11.9 Å². The zero-order chi connectivity index (χ0) is 16.9. The van der Waals surface area contributed by atoms with E-state index in [4.69, 9.17) is 9.57 Å². The first kappa shape index (κ1) is 16.1. The molecule has 2 aliphatic carbocycles. The lowest BCUT2D eigenvalue weighted by Gasteiger charge is -2.46. The Morgan fingerprint density at radius 1 is 1.42 bits per heavy atom. The average Bonchev–Trinajstić information content (AvgIpc) is 3.05. The molecule has 0 aromatic heterocycles. The summed E-state index contributed by atoms with van der Waals surface area (Å²) in [6.45, 7) is 5.38. The Morgan fingerprint density at radius 3 is 3.00 bits per heavy atom. The fourth-order valence-corrected chi connectivity index (χ4v) is 5.05. The van der Waals surface area contributed by atoms with Gasteiger partial charge in [0.1, 0.15) is 12.1 Å². The van der Waals surface area contributed by atoms with Gasteiger partial charge in [0.25, 0.3) is 5.91 Å². The molecule has 0 spiro atoms. The molecule has 132 valence electrons. The molecule has 0 aromatic rings. The van der Waals surface area contributed by atoms with E-state index >= 15 is 0 Å². The molecule has 24 heavy (non-hydrogen) atoms. The minimum absolute atomic E-state index is 0.0167. The van der Waals surface area contributed by atoms with E-state index in [0.717, 1.165) is 6.42 Å². The van der Waals surface area contributed by atoms with Crippen LogP contribution in [0.15, 0.2) is 11.6 Å². The number of carbonyl (C=O) groups excluding carboxylic acids is 2. The number of ether oxygens (including phenoxy) is 1. The Bertz CT molecular complexity index is 590. The summed E-state index contributed by atoms with van der Waals surface area (Å²) in [5.41, 5.74) is 4.03. The summed E-state index contributed by atoms with van der Waals surface area (Å²) in [5, 5.41) is 3.16. The van der Waals surface area contributed by atoms with Gasteiger partial charge in [-0.1, -0.05) is 31.9 Å². The molecular formula is C18H26N2O4. The monoisotopic (exact) mass is 334 g/mol. The predicted molar refractivity (Wildman–Crippen MR) is 86.6 cm³/mol. The molecule has 6 nitrogen and oxygen atoms in total. The van der Waals surface area contributed by atoms with Crippen LogP contribution in [0.25, 0.3) is 0 Å². The van der Waals surface area contributed by atoms with Crippen LogP contribution in [0.1, 0.15) is 39.5 Å². The summed E-state index contributed by atoms with van der Waals surface area (Å²) < 4.78 is 5.71. The lowest BCUT2D eigenvalue weighted by molar-refractivity contribution is -0.145. The highest BCUT2D eigenvalue weighted by molar-refractivity contribution is 5.82. The number of esters is 1. The van der Waals surface area contributed by atoms with Crippen LogP contribution in [0.3, 0.4) is 0 Å². The molecular weight excluding hydrogens is 308 g/mol. The second kappa shape index (κ2) is 5.85. The quantitative estimate of drug-likeness (QED) is 0.601. The van der Waals surface area contributed by atoms with Gasteiger partial charge in [0.05, 0.1) is 12.5 Å². The molecule has 4 aliphatic rings. The summed E-state index contributed by atoms with van der Waals surface area (Å²) in [6.07, 6.45) is 6.92. The van der Waals surface area contributed by atoms with Gasteiger partial charge in [-0.3, -0.25) is 14.4 Å². The topological polar surface area (TPSA) is 76.7 Å². The number of fused-ring (bicyclic) bond motifs is 2. The number of rotatable bonds is 3. The van der Waals surface area contributed by atoms with Crippen LogP contribution in [-0.4, -0.2) is 37.2 Å². The number of amides is 1. The number of hydrogen-bond donors (Lipinski definition) is 2. The van der Waals surface area contributed by atoms with Gasteiger partial charge in [0.15, 0.2) is 0 Å². The second-order valence-corrected chi connectivity index (χ2v) is 8.08. The van der Waals surface area contributed by atoms with Gasteiger partial charge in [-0.2, -0.15) is 0 Å². The number of nitrogens with one attached hydrogen (secondary N) is 2. The molecule has 1 amide bonds. The van der Waals surface area contributed by atoms with Crippen LogP contribution in [0.4, 0.5) is 0 Å². The Morgan fingerprint density at radius 2 is 2.25 bits per heavy atom. The van der Waals surface area contributed by atoms with Gasteiger partial charge in [-0.05, 0) is 30.6 Å². The maximum absolute atomic E-state index is 12.4. The van der Waals surface area contributed by atoms with Gasteiger partial charge in [0, 0.05) is 12.5 Å². The van der Waals surface area contributed by atoms with E-state index in [1.54, 1.807) is 0 Å². The van der Waals surface area contributed by atoms with Crippen LogP contribution in [0, 0.1) is 23.2 Å². The minimum atomic E-state index is -0.382. The molecule has 4 rings (SSSR count). The van der Waals surface area contributed by atoms with Crippen molar-refractivity contribution in [3.05, 3.63) is 11.6 Å². The fraction of sp³-hybridized carbons (Fsp3) is 0.778. The lowest BCUT2D eigenvalue weighted by Crippen LogP contribution is -2.44. The Balaban J connectivity index is 1.52. The first-order valence-corrected chi connectivity index (χ1v) is 9.06. The van der Waals surface area contributed by atoms with E-state index in [-0.39, 0.29) is 41.3 Å².